The van der Waals surface area contributed by atoms with Gasteiger partial charge in [0.2, 0.25) is 0 Å². The van der Waals surface area contributed by atoms with Crippen molar-refractivity contribution in [3.8, 4) is 0 Å². The van der Waals surface area contributed by atoms with Gasteiger partial charge in [0.1, 0.15) is 6.04 Å². The van der Waals surface area contributed by atoms with E-state index in [1.54, 1.807) is 0 Å². The average Bonchev–Trinajstić information content (AvgIpc) is 2.45. The molecule has 5 heteroatoms. The summed E-state index contributed by atoms with van der Waals surface area (Å²) in [5.41, 5.74) is 2.03. The van der Waals surface area contributed by atoms with Crippen LogP contribution in [0.3, 0.4) is 0 Å². The van der Waals surface area contributed by atoms with Gasteiger partial charge in [0.15, 0.2) is 0 Å². The molecule has 0 aliphatic carbocycles. The molecule has 2 N–H and O–H groups in total. The van der Waals surface area contributed by atoms with Gasteiger partial charge in [-0.1, -0.05) is 38.1 Å². The topological polar surface area (TPSA) is 69.6 Å². The second kappa shape index (κ2) is 6.61. The zero-order valence-corrected chi connectivity index (χ0v) is 12.5. The van der Waals surface area contributed by atoms with E-state index in [0.29, 0.717) is 25.4 Å². The number of nitrogens with zero attached hydrogens (tertiary/aromatic N) is 1. The van der Waals surface area contributed by atoms with E-state index in [-0.39, 0.29) is 6.03 Å². The Bertz CT molecular complexity index is 528. The van der Waals surface area contributed by atoms with Gasteiger partial charge in [0, 0.05) is 19.5 Å². The van der Waals surface area contributed by atoms with Gasteiger partial charge in [-0.3, -0.25) is 0 Å². The van der Waals surface area contributed by atoms with E-state index >= 15 is 0 Å². The number of aliphatic carboxylic acids is 1. The highest BCUT2D eigenvalue weighted by molar-refractivity contribution is 5.83. The van der Waals surface area contributed by atoms with E-state index in [1.165, 1.54) is 4.90 Å². The maximum absolute atomic E-state index is 12.3. The Hall–Kier alpha value is -2.04. The SMILES string of the molecule is CC(C)CCNC(=O)N1Cc2ccccc2C[C@H]1C(=O)O. The predicted molar refractivity (Wildman–Crippen MR) is 80.0 cm³/mol. The van der Waals surface area contributed by atoms with E-state index in [2.05, 4.69) is 19.2 Å². The fraction of sp³-hybridized carbons (Fsp3) is 0.500. The van der Waals surface area contributed by atoms with Gasteiger partial charge in [0.05, 0.1) is 0 Å². The molecule has 0 unspecified atom stereocenters. The Labute approximate surface area is 125 Å². The number of amides is 2. The molecule has 0 saturated heterocycles. The lowest BCUT2D eigenvalue weighted by Gasteiger charge is -2.34. The van der Waals surface area contributed by atoms with Crippen LogP contribution in [0, 0.1) is 5.92 Å². The molecule has 1 aliphatic heterocycles. The molecule has 0 spiro atoms. The Morgan fingerprint density at radius 3 is 2.62 bits per heavy atom. The van der Waals surface area contributed by atoms with Crippen LogP contribution in [0.2, 0.25) is 0 Å². The fourth-order valence-electron chi connectivity index (χ4n) is 2.53. The first kappa shape index (κ1) is 15.4. The summed E-state index contributed by atoms with van der Waals surface area (Å²) in [7, 11) is 0. The Morgan fingerprint density at radius 1 is 1.33 bits per heavy atom. The molecule has 0 saturated carbocycles. The number of carboxylic acids is 1. The van der Waals surface area contributed by atoms with Crippen molar-refractivity contribution in [1.29, 1.82) is 0 Å². The minimum atomic E-state index is -0.955. The summed E-state index contributed by atoms with van der Waals surface area (Å²) >= 11 is 0. The molecular formula is C16H22N2O3. The molecule has 5 nitrogen and oxygen atoms in total. The molecule has 0 bridgehead atoms. The summed E-state index contributed by atoms with van der Waals surface area (Å²) in [6, 6.07) is 6.60. The van der Waals surface area contributed by atoms with Gasteiger partial charge in [-0.05, 0) is 23.5 Å². The first-order valence-corrected chi connectivity index (χ1v) is 7.33. The Balaban J connectivity index is 2.09. The third-order valence-electron chi connectivity index (χ3n) is 3.79. The van der Waals surface area contributed by atoms with Crippen molar-refractivity contribution < 1.29 is 14.7 Å². The zero-order valence-electron chi connectivity index (χ0n) is 12.5. The molecule has 2 rings (SSSR count). The minimum absolute atomic E-state index is 0.294. The van der Waals surface area contributed by atoms with E-state index in [1.807, 2.05) is 24.3 Å². The second-order valence-corrected chi connectivity index (χ2v) is 5.87. The van der Waals surface area contributed by atoms with E-state index in [0.717, 1.165) is 17.5 Å². The van der Waals surface area contributed by atoms with Gasteiger partial charge >= 0.3 is 12.0 Å². The molecule has 114 valence electrons. The highest BCUT2D eigenvalue weighted by atomic mass is 16.4. The van der Waals surface area contributed by atoms with Gasteiger partial charge in [-0.25, -0.2) is 9.59 Å². The van der Waals surface area contributed by atoms with Crippen molar-refractivity contribution in [2.75, 3.05) is 6.54 Å². The van der Waals surface area contributed by atoms with Crippen LogP contribution in [-0.2, 0) is 17.8 Å². The molecule has 1 heterocycles. The normalized spacial score (nSPS) is 17.5. The standard InChI is InChI=1S/C16H22N2O3/c1-11(2)7-8-17-16(21)18-10-13-6-4-3-5-12(13)9-14(18)15(19)20/h3-6,11,14H,7-10H2,1-2H3,(H,17,21)(H,19,20)/t14-/m0/s1. The van der Waals surface area contributed by atoms with Crippen LogP contribution < -0.4 is 5.32 Å². The minimum Gasteiger partial charge on any atom is -0.480 e. The highest BCUT2D eigenvalue weighted by Gasteiger charge is 2.34. The summed E-state index contributed by atoms with van der Waals surface area (Å²) < 4.78 is 0. The number of rotatable bonds is 4. The quantitative estimate of drug-likeness (QED) is 0.893. The van der Waals surface area contributed by atoms with Crippen LogP contribution in [0.4, 0.5) is 4.79 Å². The molecule has 0 radical (unpaired) electrons. The van der Waals surface area contributed by atoms with Crippen LogP contribution in [-0.4, -0.2) is 34.6 Å². The number of benzene rings is 1. The molecule has 2 amide bonds. The first-order valence-electron chi connectivity index (χ1n) is 7.33. The van der Waals surface area contributed by atoms with Crippen molar-refractivity contribution in [3.63, 3.8) is 0 Å². The van der Waals surface area contributed by atoms with Gasteiger partial charge < -0.3 is 15.3 Å². The molecule has 21 heavy (non-hydrogen) atoms. The van der Waals surface area contributed by atoms with E-state index in [9.17, 15) is 14.7 Å². The number of hydrogen-bond acceptors (Lipinski definition) is 2. The summed E-state index contributed by atoms with van der Waals surface area (Å²) in [6.07, 6.45) is 1.25. The van der Waals surface area contributed by atoms with Crippen molar-refractivity contribution >= 4 is 12.0 Å². The van der Waals surface area contributed by atoms with Gasteiger partial charge in [-0.2, -0.15) is 0 Å². The van der Waals surface area contributed by atoms with Crippen molar-refractivity contribution in [2.45, 2.75) is 39.3 Å². The lowest BCUT2D eigenvalue weighted by atomic mass is 9.94. The summed E-state index contributed by atoms with van der Waals surface area (Å²) in [5, 5.41) is 12.2. The summed E-state index contributed by atoms with van der Waals surface area (Å²) in [5.74, 6) is -0.453. The molecule has 0 fully saturated rings. The van der Waals surface area contributed by atoms with Crippen molar-refractivity contribution in [2.24, 2.45) is 5.92 Å². The maximum Gasteiger partial charge on any atom is 0.326 e. The van der Waals surface area contributed by atoms with Crippen LogP contribution in [0.1, 0.15) is 31.4 Å². The smallest absolute Gasteiger partial charge is 0.326 e. The van der Waals surface area contributed by atoms with Crippen molar-refractivity contribution in [3.05, 3.63) is 35.4 Å². The van der Waals surface area contributed by atoms with Crippen LogP contribution >= 0.6 is 0 Å². The lowest BCUT2D eigenvalue weighted by molar-refractivity contribution is -0.142. The number of nitrogens with one attached hydrogen (secondary N) is 1. The van der Waals surface area contributed by atoms with Gasteiger partial charge in [0.25, 0.3) is 0 Å². The lowest BCUT2D eigenvalue weighted by Crippen LogP contribution is -2.52. The van der Waals surface area contributed by atoms with Crippen LogP contribution in [0.25, 0.3) is 0 Å². The van der Waals surface area contributed by atoms with E-state index in [4.69, 9.17) is 0 Å². The third kappa shape index (κ3) is 3.74. The second-order valence-electron chi connectivity index (χ2n) is 5.87. The molecule has 1 aromatic carbocycles. The van der Waals surface area contributed by atoms with Crippen molar-refractivity contribution in [1.82, 2.24) is 10.2 Å². The number of carbonyl (C=O) groups is 2. The molecule has 1 aliphatic rings. The van der Waals surface area contributed by atoms with Crippen LogP contribution in [0.5, 0.6) is 0 Å². The summed E-state index contributed by atoms with van der Waals surface area (Å²) in [4.78, 5) is 25.1. The number of urea groups is 1. The maximum atomic E-state index is 12.3. The molecule has 1 atom stereocenters. The largest absolute Gasteiger partial charge is 0.480 e. The highest BCUT2D eigenvalue weighted by Crippen LogP contribution is 2.23. The number of hydrogen-bond donors (Lipinski definition) is 2. The number of carbonyl (C=O) groups excluding carboxylic acids is 1. The molecular weight excluding hydrogens is 268 g/mol. The zero-order chi connectivity index (χ0) is 15.4. The van der Waals surface area contributed by atoms with E-state index < -0.39 is 12.0 Å². The van der Waals surface area contributed by atoms with Crippen LogP contribution in [0.15, 0.2) is 24.3 Å². The number of fused-ring (bicyclic) bond motifs is 1. The summed E-state index contributed by atoms with van der Waals surface area (Å²) in [6.45, 7) is 5.09. The first-order chi connectivity index (χ1) is 9.99. The fourth-order valence-corrected chi connectivity index (χ4v) is 2.53. The predicted octanol–water partition coefficient (Wildman–Crippen LogP) is 2.25. The molecule has 1 aromatic rings. The molecule has 0 aromatic heterocycles. The third-order valence-corrected chi connectivity index (χ3v) is 3.79. The van der Waals surface area contributed by atoms with Gasteiger partial charge in [-0.15, -0.1) is 0 Å². The monoisotopic (exact) mass is 290 g/mol. The number of carboxylic acid groups (broad SMARTS) is 1. The average molecular weight is 290 g/mol. The Kier molecular flexibility index (Phi) is 4.83. The Morgan fingerprint density at radius 2 is 2.00 bits per heavy atom.